The topological polar surface area (TPSA) is 52.0 Å². The summed E-state index contributed by atoms with van der Waals surface area (Å²) in [7, 11) is 0. The second-order valence-electron chi connectivity index (χ2n) is 2.45. The molecule has 1 aromatic rings. The molecule has 0 bridgehead atoms. The molecule has 0 aliphatic heterocycles. The number of hydrazone groups is 1. The molecule has 0 spiro atoms. The van der Waals surface area contributed by atoms with Gasteiger partial charge in [-0.2, -0.15) is 0 Å². The van der Waals surface area contributed by atoms with Crippen molar-refractivity contribution in [2.45, 2.75) is 0 Å². The first-order valence-electron chi connectivity index (χ1n) is 3.69. The van der Waals surface area contributed by atoms with Crippen molar-refractivity contribution in [1.82, 2.24) is 5.43 Å². The maximum Gasteiger partial charge on any atom is 0.221 e. The molecule has 0 radical (unpaired) electrons. The van der Waals surface area contributed by atoms with Gasteiger partial charge in [0.15, 0.2) is 6.21 Å². The summed E-state index contributed by atoms with van der Waals surface area (Å²) >= 11 is 16.1. The Labute approximate surface area is 96.9 Å². The molecule has 0 aliphatic carbocycles. The van der Waals surface area contributed by atoms with Crippen LogP contribution in [0.25, 0.3) is 0 Å². The van der Waals surface area contributed by atoms with Crippen LogP contribution in [0.4, 0.5) is 0 Å². The van der Waals surface area contributed by atoms with Gasteiger partial charge in [0.2, 0.25) is 5.11 Å². The van der Waals surface area contributed by atoms with Gasteiger partial charge in [-0.1, -0.05) is 23.2 Å². The highest BCUT2D eigenvalue weighted by Crippen LogP contribution is 2.21. The minimum Gasteiger partial charge on any atom is -0.372 e. The molecule has 1 rings (SSSR count). The molecule has 74 valence electrons. The van der Waals surface area contributed by atoms with E-state index >= 15 is 0 Å². The number of rotatable bonds is 2. The lowest BCUT2D eigenvalue weighted by molar-refractivity contribution is -0.499. The van der Waals surface area contributed by atoms with E-state index in [1.165, 1.54) is 0 Å². The van der Waals surface area contributed by atoms with Crippen LogP contribution in [0, 0.1) is 0 Å². The molecule has 0 aliphatic rings. The van der Waals surface area contributed by atoms with Crippen LogP contribution in [-0.4, -0.2) is 11.3 Å². The van der Waals surface area contributed by atoms with Gasteiger partial charge in [-0.05, 0) is 30.4 Å². The summed E-state index contributed by atoms with van der Waals surface area (Å²) in [6, 6.07) is 5.23. The van der Waals surface area contributed by atoms with Crippen LogP contribution in [0.5, 0.6) is 0 Å². The minimum absolute atomic E-state index is 0.168. The Morgan fingerprint density at radius 3 is 2.71 bits per heavy atom. The summed E-state index contributed by atoms with van der Waals surface area (Å²) < 4.78 is 0. The van der Waals surface area contributed by atoms with E-state index in [1.54, 1.807) is 18.3 Å². The van der Waals surface area contributed by atoms with Crippen LogP contribution in [0.3, 0.4) is 0 Å². The molecule has 0 saturated carbocycles. The Morgan fingerprint density at radius 1 is 1.43 bits per heavy atom. The van der Waals surface area contributed by atoms with Crippen molar-refractivity contribution in [3.63, 3.8) is 0 Å². The van der Waals surface area contributed by atoms with Crippen molar-refractivity contribution in [3.05, 3.63) is 33.8 Å². The fourth-order valence-corrected chi connectivity index (χ4v) is 1.16. The molecular weight excluding hydrogens is 241 g/mol. The Balaban J connectivity index is 2.73. The van der Waals surface area contributed by atoms with E-state index in [1.807, 2.05) is 6.07 Å². The number of hydrogen-bond donors (Lipinski definition) is 3. The second kappa shape index (κ2) is 5.14. The first-order chi connectivity index (χ1) is 6.59. The molecule has 0 saturated heterocycles. The Kier molecular flexibility index (Phi) is 4.13. The van der Waals surface area contributed by atoms with E-state index in [0.29, 0.717) is 10.0 Å². The monoisotopic (exact) mass is 248 g/mol. The van der Waals surface area contributed by atoms with Crippen LogP contribution in [0.15, 0.2) is 18.2 Å². The van der Waals surface area contributed by atoms with Crippen LogP contribution in [0.1, 0.15) is 5.56 Å². The highest BCUT2D eigenvalue weighted by atomic mass is 35.5. The van der Waals surface area contributed by atoms with E-state index in [2.05, 4.69) is 22.7 Å². The largest absolute Gasteiger partial charge is 0.372 e. The molecule has 0 fully saturated rings. The highest BCUT2D eigenvalue weighted by molar-refractivity contribution is 7.80. The average molecular weight is 249 g/mol. The van der Waals surface area contributed by atoms with Crippen LogP contribution in [-0.2, 0) is 0 Å². The van der Waals surface area contributed by atoms with Crippen molar-refractivity contribution in [2.75, 3.05) is 0 Å². The smallest absolute Gasteiger partial charge is 0.221 e. The lowest BCUT2D eigenvalue weighted by Crippen LogP contribution is -2.82. The molecule has 0 heterocycles. The van der Waals surface area contributed by atoms with E-state index in [4.69, 9.17) is 28.9 Å². The first kappa shape index (κ1) is 11.2. The van der Waals surface area contributed by atoms with Gasteiger partial charge in [-0.15, -0.1) is 10.5 Å². The number of hydrazine groups is 1. The third kappa shape index (κ3) is 3.49. The fraction of sp³-hybridized carbons (Fsp3) is 0. The summed E-state index contributed by atoms with van der Waals surface area (Å²) in [6.07, 6.45) is 1.67. The summed E-state index contributed by atoms with van der Waals surface area (Å²) in [5, 5.41) is 3.89. The Morgan fingerprint density at radius 2 is 2.14 bits per heavy atom. The Hall–Kier alpha value is -0.840. The van der Waals surface area contributed by atoms with Crippen molar-refractivity contribution < 1.29 is 5.10 Å². The van der Waals surface area contributed by atoms with E-state index in [9.17, 15) is 0 Å². The molecule has 0 unspecified atom stereocenters. The molecule has 6 heteroatoms. The fourth-order valence-electron chi connectivity index (χ4n) is 0.793. The van der Waals surface area contributed by atoms with Gasteiger partial charge in [0, 0.05) is 5.56 Å². The predicted octanol–water partition coefficient (Wildman–Crippen LogP) is 0.241. The zero-order chi connectivity index (χ0) is 10.6. The molecular formula is C8H8Cl2N3S+. The van der Waals surface area contributed by atoms with E-state index in [0.717, 1.165) is 5.56 Å². The number of benzene rings is 1. The number of thiocarbonyl (C=S) groups is 1. The summed E-state index contributed by atoms with van der Waals surface area (Å²) in [5.74, 6) is 0. The normalized spacial score (nSPS) is 10.4. The van der Waals surface area contributed by atoms with Crippen molar-refractivity contribution in [3.8, 4) is 0 Å². The number of nitrogens with two attached hydrogens (primary N) is 1. The lowest BCUT2D eigenvalue weighted by atomic mass is 10.2. The second-order valence-corrected chi connectivity index (χ2v) is 3.71. The summed E-state index contributed by atoms with van der Waals surface area (Å²) in [6.45, 7) is 0. The molecule has 0 aromatic heterocycles. The molecule has 14 heavy (non-hydrogen) atoms. The minimum atomic E-state index is 0.168. The zero-order valence-corrected chi connectivity index (χ0v) is 9.38. The van der Waals surface area contributed by atoms with Crippen molar-refractivity contribution in [2.24, 2.45) is 5.73 Å². The predicted molar refractivity (Wildman–Crippen MR) is 62.5 cm³/mol. The number of halogens is 2. The third-order valence-corrected chi connectivity index (χ3v) is 2.22. The van der Waals surface area contributed by atoms with E-state index < -0.39 is 0 Å². The third-order valence-electron chi connectivity index (χ3n) is 1.38. The highest BCUT2D eigenvalue weighted by Gasteiger charge is 1.98. The molecule has 1 aromatic carbocycles. The standard InChI is InChI=1S/C8H7Cl2N3S/c9-6-2-1-5(3-7(6)10)4-12-13-8(11)14/h1-4H,(H3,11,13,14)/p+1. The number of hydrogen-bond acceptors (Lipinski definition) is 1. The van der Waals surface area contributed by atoms with Gasteiger partial charge in [-0.25, -0.2) is 0 Å². The molecule has 4 N–H and O–H groups in total. The maximum atomic E-state index is 5.80. The van der Waals surface area contributed by atoms with Crippen molar-refractivity contribution >= 4 is 46.7 Å². The lowest BCUT2D eigenvalue weighted by Gasteiger charge is -1.94. The van der Waals surface area contributed by atoms with E-state index in [-0.39, 0.29) is 5.11 Å². The quantitative estimate of drug-likeness (QED) is 0.400. The van der Waals surface area contributed by atoms with Crippen LogP contribution >= 0.6 is 35.4 Å². The molecule has 3 nitrogen and oxygen atoms in total. The Bertz CT molecular complexity index is 379. The summed E-state index contributed by atoms with van der Waals surface area (Å²) in [5.41, 5.74) is 8.62. The van der Waals surface area contributed by atoms with Crippen molar-refractivity contribution in [1.29, 1.82) is 0 Å². The molecule has 0 atom stereocenters. The number of nitrogens with one attached hydrogen (secondary N) is 2. The van der Waals surface area contributed by atoms with Gasteiger partial charge >= 0.3 is 0 Å². The van der Waals surface area contributed by atoms with Gasteiger partial charge in [0.25, 0.3) is 0 Å². The maximum absolute atomic E-state index is 5.80. The SMILES string of the molecule is NC(=S)N[NH+]=Cc1ccc(Cl)c(Cl)c1. The average Bonchev–Trinajstić information content (AvgIpc) is 2.10. The zero-order valence-electron chi connectivity index (χ0n) is 7.05. The summed E-state index contributed by atoms with van der Waals surface area (Å²) in [4.78, 5) is 0. The van der Waals surface area contributed by atoms with Gasteiger partial charge in [-0.3, -0.25) is 0 Å². The van der Waals surface area contributed by atoms with Crippen LogP contribution in [0.2, 0.25) is 10.0 Å². The first-order valence-corrected chi connectivity index (χ1v) is 4.85. The molecule has 0 amide bonds. The van der Waals surface area contributed by atoms with Gasteiger partial charge in [0.05, 0.1) is 10.0 Å². The van der Waals surface area contributed by atoms with Gasteiger partial charge < -0.3 is 5.73 Å². The van der Waals surface area contributed by atoms with Gasteiger partial charge in [0.1, 0.15) is 0 Å². The van der Waals surface area contributed by atoms with Crippen LogP contribution < -0.4 is 16.3 Å².